The van der Waals surface area contributed by atoms with Crippen LogP contribution in [0.2, 0.25) is 0 Å². The molecule has 0 aliphatic heterocycles. The van der Waals surface area contributed by atoms with Crippen molar-refractivity contribution in [2.75, 3.05) is 33.7 Å². The van der Waals surface area contributed by atoms with E-state index >= 15 is 0 Å². The number of nitrogens with one attached hydrogen (secondary N) is 1. The van der Waals surface area contributed by atoms with E-state index in [2.05, 4.69) is 24.2 Å². The molecule has 1 N–H and O–H groups in total. The summed E-state index contributed by atoms with van der Waals surface area (Å²) < 4.78 is 0. The van der Waals surface area contributed by atoms with E-state index in [0.717, 1.165) is 0 Å². The van der Waals surface area contributed by atoms with Crippen molar-refractivity contribution < 1.29 is 0 Å². The molecule has 98 valence electrons. The van der Waals surface area contributed by atoms with E-state index in [-0.39, 0.29) is 0 Å². The molecule has 0 rings (SSSR count). The third kappa shape index (κ3) is 12.0. The van der Waals surface area contributed by atoms with Crippen LogP contribution < -0.4 is 5.32 Å². The molecule has 0 saturated carbocycles. The van der Waals surface area contributed by atoms with E-state index in [9.17, 15) is 0 Å². The van der Waals surface area contributed by atoms with Gasteiger partial charge in [-0.25, -0.2) is 0 Å². The van der Waals surface area contributed by atoms with Gasteiger partial charge in [-0.1, -0.05) is 45.4 Å². The molecule has 0 spiro atoms. The zero-order chi connectivity index (χ0) is 12.1. The molecule has 0 unspecified atom stereocenters. The van der Waals surface area contributed by atoms with Crippen molar-refractivity contribution in [1.82, 2.24) is 10.2 Å². The zero-order valence-corrected chi connectivity index (χ0v) is 11.7. The quantitative estimate of drug-likeness (QED) is 0.516. The van der Waals surface area contributed by atoms with E-state index < -0.39 is 0 Å². The molecular weight excluding hydrogens is 196 g/mol. The lowest BCUT2D eigenvalue weighted by molar-refractivity contribution is 0.340. The summed E-state index contributed by atoms with van der Waals surface area (Å²) in [5, 5.41) is 3.20. The number of unbranched alkanes of at least 4 members (excludes halogenated alkanes) is 7. The van der Waals surface area contributed by atoms with Crippen molar-refractivity contribution in [3.05, 3.63) is 0 Å². The Kier molecular flexibility index (Phi) is 12.9. The molecule has 0 amide bonds. The van der Waals surface area contributed by atoms with E-state index in [1.54, 1.807) is 0 Å². The highest BCUT2D eigenvalue weighted by Crippen LogP contribution is 2.08. The van der Waals surface area contributed by atoms with Crippen LogP contribution in [0.15, 0.2) is 0 Å². The van der Waals surface area contributed by atoms with E-state index in [4.69, 9.17) is 0 Å². The zero-order valence-electron chi connectivity index (χ0n) is 11.7. The third-order valence-corrected chi connectivity index (χ3v) is 3.26. The minimum Gasteiger partial charge on any atom is -0.320 e. The SMILES string of the molecule is CCN(C)CCCCCCCCCCNC. The Morgan fingerprint density at radius 3 is 1.81 bits per heavy atom. The second-order valence-corrected chi connectivity index (χ2v) is 4.83. The Morgan fingerprint density at radius 1 is 0.812 bits per heavy atom. The molecule has 16 heavy (non-hydrogen) atoms. The lowest BCUT2D eigenvalue weighted by Gasteiger charge is -2.12. The van der Waals surface area contributed by atoms with Gasteiger partial charge in [-0.05, 0) is 46.6 Å². The summed E-state index contributed by atoms with van der Waals surface area (Å²) in [6.45, 7) is 5.87. The van der Waals surface area contributed by atoms with Crippen LogP contribution in [0, 0.1) is 0 Å². The van der Waals surface area contributed by atoms with Crippen molar-refractivity contribution in [3.63, 3.8) is 0 Å². The maximum absolute atomic E-state index is 3.20. The summed E-state index contributed by atoms with van der Waals surface area (Å²) in [6, 6.07) is 0. The molecule has 2 nitrogen and oxygen atoms in total. The van der Waals surface area contributed by atoms with Gasteiger partial charge in [0, 0.05) is 0 Å². The molecule has 0 heterocycles. The van der Waals surface area contributed by atoms with Crippen molar-refractivity contribution in [3.8, 4) is 0 Å². The standard InChI is InChI=1S/C14H32N2/c1-4-16(3)14-12-10-8-6-5-7-9-11-13-15-2/h15H,4-14H2,1-3H3. The van der Waals surface area contributed by atoms with Crippen LogP contribution >= 0.6 is 0 Å². The van der Waals surface area contributed by atoms with Crippen LogP contribution in [0.3, 0.4) is 0 Å². The van der Waals surface area contributed by atoms with Gasteiger partial charge in [-0.2, -0.15) is 0 Å². The topological polar surface area (TPSA) is 15.3 Å². The number of hydrogen-bond donors (Lipinski definition) is 1. The molecule has 0 aromatic rings. The first-order chi connectivity index (χ1) is 7.81. The second kappa shape index (κ2) is 13.0. The van der Waals surface area contributed by atoms with Crippen molar-refractivity contribution in [2.45, 2.75) is 58.3 Å². The molecule has 0 fully saturated rings. The van der Waals surface area contributed by atoms with Crippen molar-refractivity contribution in [1.29, 1.82) is 0 Å². The molecule has 0 aliphatic rings. The molecule has 0 aromatic heterocycles. The monoisotopic (exact) mass is 228 g/mol. The second-order valence-electron chi connectivity index (χ2n) is 4.83. The number of rotatable bonds is 12. The van der Waals surface area contributed by atoms with Gasteiger partial charge >= 0.3 is 0 Å². The van der Waals surface area contributed by atoms with Gasteiger partial charge in [0.25, 0.3) is 0 Å². The van der Waals surface area contributed by atoms with Gasteiger partial charge in [0.15, 0.2) is 0 Å². The van der Waals surface area contributed by atoms with Gasteiger partial charge in [-0.15, -0.1) is 0 Å². The highest BCUT2D eigenvalue weighted by Gasteiger charge is 1.95. The van der Waals surface area contributed by atoms with Gasteiger partial charge < -0.3 is 10.2 Å². The van der Waals surface area contributed by atoms with Crippen molar-refractivity contribution >= 4 is 0 Å². The van der Waals surface area contributed by atoms with Gasteiger partial charge in [0.05, 0.1) is 0 Å². The number of nitrogens with zero attached hydrogens (tertiary/aromatic N) is 1. The Labute approximate surface area is 103 Å². The van der Waals surface area contributed by atoms with Crippen LogP contribution in [-0.2, 0) is 0 Å². The fraction of sp³-hybridized carbons (Fsp3) is 1.00. The molecule has 0 bridgehead atoms. The largest absolute Gasteiger partial charge is 0.320 e. The first-order valence-corrected chi connectivity index (χ1v) is 7.14. The predicted molar refractivity (Wildman–Crippen MR) is 74.0 cm³/mol. The summed E-state index contributed by atoms with van der Waals surface area (Å²) in [5.74, 6) is 0. The van der Waals surface area contributed by atoms with Crippen LogP contribution in [0.1, 0.15) is 58.3 Å². The summed E-state index contributed by atoms with van der Waals surface area (Å²) >= 11 is 0. The van der Waals surface area contributed by atoms with E-state index in [1.807, 2.05) is 7.05 Å². The minimum atomic E-state index is 1.18. The van der Waals surface area contributed by atoms with Gasteiger partial charge in [-0.3, -0.25) is 0 Å². The summed E-state index contributed by atoms with van der Waals surface area (Å²) in [6.07, 6.45) is 11.3. The minimum absolute atomic E-state index is 1.18. The van der Waals surface area contributed by atoms with Crippen LogP contribution in [0.25, 0.3) is 0 Å². The maximum Gasteiger partial charge on any atom is -0.00219 e. The summed E-state index contributed by atoms with van der Waals surface area (Å²) in [4.78, 5) is 2.40. The molecule has 0 atom stereocenters. The van der Waals surface area contributed by atoms with Crippen LogP contribution in [0.4, 0.5) is 0 Å². The van der Waals surface area contributed by atoms with Crippen molar-refractivity contribution in [2.24, 2.45) is 0 Å². The lowest BCUT2D eigenvalue weighted by Crippen LogP contribution is -2.18. The Bertz CT molecular complexity index is 126. The molecule has 0 radical (unpaired) electrons. The summed E-state index contributed by atoms with van der Waals surface area (Å²) in [7, 11) is 4.25. The van der Waals surface area contributed by atoms with Crippen LogP contribution in [0.5, 0.6) is 0 Å². The highest BCUT2D eigenvalue weighted by molar-refractivity contribution is 4.51. The van der Waals surface area contributed by atoms with E-state index in [0.29, 0.717) is 0 Å². The molecular formula is C14H32N2. The predicted octanol–water partition coefficient (Wildman–Crippen LogP) is 3.28. The maximum atomic E-state index is 3.20. The molecule has 0 saturated heterocycles. The fourth-order valence-electron chi connectivity index (χ4n) is 1.90. The Hall–Kier alpha value is -0.0800. The average molecular weight is 228 g/mol. The first-order valence-electron chi connectivity index (χ1n) is 7.14. The highest BCUT2D eigenvalue weighted by atomic mass is 15.1. The molecule has 0 aromatic carbocycles. The van der Waals surface area contributed by atoms with Gasteiger partial charge in [0.2, 0.25) is 0 Å². The van der Waals surface area contributed by atoms with Crippen LogP contribution in [-0.4, -0.2) is 38.6 Å². The Morgan fingerprint density at radius 2 is 1.31 bits per heavy atom. The third-order valence-electron chi connectivity index (χ3n) is 3.26. The Balaban J connectivity index is 2.93. The van der Waals surface area contributed by atoms with Gasteiger partial charge in [0.1, 0.15) is 0 Å². The lowest BCUT2D eigenvalue weighted by atomic mass is 10.1. The molecule has 2 heteroatoms. The molecule has 0 aliphatic carbocycles. The average Bonchev–Trinajstić information content (AvgIpc) is 2.31. The first kappa shape index (κ1) is 15.9. The normalized spacial score (nSPS) is 11.2. The van der Waals surface area contributed by atoms with E-state index in [1.165, 1.54) is 71.0 Å². The fourth-order valence-corrected chi connectivity index (χ4v) is 1.90. The smallest absolute Gasteiger partial charge is 0.00219 e. The summed E-state index contributed by atoms with van der Waals surface area (Å²) in [5.41, 5.74) is 0. The number of hydrogen-bond acceptors (Lipinski definition) is 2.